The van der Waals surface area contributed by atoms with Crippen LogP contribution >= 0.6 is 0 Å². The average Bonchev–Trinajstić information content (AvgIpc) is 3.30. The molecule has 0 N–H and O–H groups in total. The summed E-state index contributed by atoms with van der Waals surface area (Å²) in [6, 6.07) is 37.3. The molecule has 6 fully saturated rings. The predicted octanol–water partition coefficient (Wildman–Crippen LogP) is 11.0. The Hall–Kier alpha value is -4.78. The van der Waals surface area contributed by atoms with Crippen LogP contribution < -0.4 is 9.47 Å². The number of ether oxygens (including phenoxy) is 2. The summed E-state index contributed by atoms with van der Waals surface area (Å²) in [7, 11) is 3.52. The van der Waals surface area contributed by atoms with Crippen LogP contribution in [0.25, 0.3) is 32.9 Å². The zero-order valence-corrected chi connectivity index (χ0v) is 34.7. The maximum atomic E-state index is 5.73. The van der Waals surface area contributed by atoms with Gasteiger partial charge in [-0.05, 0) is 144 Å². The van der Waals surface area contributed by atoms with Gasteiger partial charge in [-0.25, -0.2) is 0 Å². The molecule has 8 heterocycles. The normalized spacial score (nSPS) is 27.4. The van der Waals surface area contributed by atoms with Crippen molar-refractivity contribution in [2.45, 2.75) is 76.3 Å². The molecule has 6 aliphatic rings. The lowest BCUT2D eigenvalue weighted by atomic mass is 9.69. The fourth-order valence-corrected chi connectivity index (χ4v) is 12.1. The van der Waals surface area contributed by atoms with Gasteiger partial charge >= 0.3 is 0 Å². The first-order valence-electron chi connectivity index (χ1n) is 22.1. The van der Waals surface area contributed by atoms with Crippen LogP contribution in [-0.4, -0.2) is 72.3 Å². The maximum Gasteiger partial charge on any atom is 0.119 e. The molecule has 0 aliphatic carbocycles. The molecule has 6 nitrogen and oxygen atoms in total. The number of hydrogen-bond acceptors (Lipinski definition) is 6. The zero-order chi connectivity index (χ0) is 39.3. The van der Waals surface area contributed by atoms with Gasteiger partial charge in [0.2, 0.25) is 0 Å². The molecule has 58 heavy (non-hydrogen) atoms. The number of fused-ring (bicyclic) bond motifs is 8. The average molecular weight is 771 g/mol. The summed E-state index contributed by atoms with van der Waals surface area (Å²) in [6.07, 6.45) is 11.7. The first-order chi connectivity index (χ1) is 28.5. The molecule has 6 aliphatic heterocycles. The molecule has 2 aromatic heterocycles. The van der Waals surface area contributed by atoms with Crippen molar-refractivity contribution >= 4 is 21.8 Å². The minimum absolute atomic E-state index is 0.248. The summed E-state index contributed by atoms with van der Waals surface area (Å²) in [5, 5.41) is 2.40. The van der Waals surface area contributed by atoms with Gasteiger partial charge in [0, 0.05) is 60.2 Å². The minimum atomic E-state index is 0.248. The molecule has 0 spiro atoms. The zero-order valence-electron chi connectivity index (χ0n) is 34.7. The fourth-order valence-electron chi connectivity index (χ4n) is 12.1. The van der Waals surface area contributed by atoms with Crippen molar-refractivity contribution in [3.63, 3.8) is 0 Å². The van der Waals surface area contributed by atoms with E-state index in [1.165, 1.54) is 109 Å². The number of benzene rings is 4. The Labute approximate surface area is 344 Å². The Kier molecular flexibility index (Phi) is 10.2. The Balaban J connectivity index is 1.00. The van der Waals surface area contributed by atoms with Crippen LogP contribution in [0.3, 0.4) is 0 Å². The van der Waals surface area contributed by atoms with Gasteiger partial charge in [0.15, 0.2) is 0 Å². The number of methoxy groups -OCH3 is 2. The van der Waals surface area contributed by atoms with E-state index in [0.29, 0.717) is 12.1 Å². The van der Waals surface area contributed by atoms with Gasteiger partial charge in [-0.1, -0.05) is 75.2 Å². The number of piperidine rings is 6. The highest BCUT2D eigenvalue weighted by molar-refractivity contribution is 5.86. The maximum absolute atomic E-state index is 5.73. The van der Waals surface area contributed by atoms with Crippen molar-refractivity contribution in [3.8, 4) is 22.6 Å². The van der Waals surface area contributed by atoms with Crippen LogP contribution in [0.15, 0.2) is 109 Å². The quantitative estimate of drug-likeness (QED) is 0.131. The lowest BCUT2D eigenvalue weighted by Gasteiger charge is -2.52. The summed E-state index contributed by atoms with van der Waals surface area (Å²) in [5.41, 5.74) is 10.1. The third-order valence-electron chi connectivity index (χ3n) is 15.2. The molecule has 6 aromatic rings. The molecule has 4 bridgehead atoms. The van der Waals surface area contributed by atoms with E-state index in [-0.39, 0.29) is 11.8 Å². The number of hydrogen-bond donors (Lipinski definition) is 0. The lowest BCUT2D eigenvalue weighted by Crippen LogP contribution is -2.55. The molecule has 298 valence electrons. The number of pyridine rings is 2. The molecule has 0 amide bonds. The molecule has 12 rings (SSSR count). The molecule has 2 unspecified atom stereocenters. The second kappa shape index (κ2) is 15.8. The monoisotopic (exact) mass is 770 g/mol. The molecular weight excluding hydrogens is 713 g/mol. The van der Waals surface area contributed by atoms with Crippen molar-refractivity contribution in [3.05, 3.63) is 132 Å². The second-order valence-electron chi connectivity index (χ2n) is 17.8. The summed E-state index contributed by atoms with van der Waals surface area (Å²) in [6.45, 7) is 9.57. The number of aromatic nitrogens is 2. The van der Waals surface area contributed by atoms with E-state index in [1.807, 2.05) is 24.5 Å². The van der Waals surface area contributed by atoms with Crippen molar-refractivity contribution in [1.82, 2.24) is 19.8 Å². The van der Waals surface area contributed by atoms with Gasteiger partial charge in [-0.2, -0.15) is 0 Å². The summed E-state index contributed by atoms with van der Waals surface area (Å²) < 4.78 is 11.5. The first-order valence-corrected chi connectivity index (χ1v) is 22.1. The Morgan fingerprint density at radius 2 is 1.00 bits per heavy atom. The van der Waals surface area contributed by atoms with Crippen LogP contribution in [0.4, 0.5) is 0 Å². The molecule has 6 heteroatoms. The van der Waals surface area contributed by atoms with Crippen molar-refractivity contribution in [2.75, 3.05) is 40.4 Å². The van der Waals surface area contributed by atoms with Crippen LogP contribution in [0.5, 0.6) is 11.5 Å². The van der Waals surface area contributed by atoms with Gasteiger partial charge < -0.3 is 9.47 Å². The fraction of sp³-hybridized carbons (Fsp3) is 0.423. The molecular formula is C52H58N4O2. The van der Waals surface area contributed by atoms with Crippen LogP contribution in [0.2, 0.25) is 0 Å². The summed E-state index contributed by atoms with van der Waals surface area (Å²) in [5.74, 6) is 5.48. The lowest BCUT2D eigenvalue weighted by molar-refractivity contribution is -0.00638. The number of nitrogens with zero attached hydrogens (tertiary/aromatic N) is 4. The Bertz CT molecular complexity index is 2230. The molecule has 10 atom stereocenters. The van der Waals surface area contributed by atoms with E-state index in [9.17, 15) is 0 Å². The third kappa shape index (κ3) is 6.66. The van der Waals surface area contributed by atoms with Gasteiger partial charge in [0.25, 0.3) is 0 Å². The van der Waals surface area contributed by atoms with Gasteiger partial charge in [-0.15, -0.1) is 0 Å². The highest BCUT2D eigenvalue weighted by Crippen LogP contribution is 2.48. The topological polar surface area (TPSA) is 50.7 Å². The van der Waals surface area contributed by atoms with E-state index < -0.39 is 0 Å². The highest BCUT2D eigenvalue weighted by atomic mass is 16.5. The van der Waals surface area contributed by atoms with E-state index >= 15 is 0 Å². The van der Waals surface area contributed by atoms with E-state index in [2.05, 4.69) is 109 Å². The summed E-state index contributed by atoms with van der Waals surface area (Å²) in [4.78, 5) is 15.2. The number of rotatable bonds is 11. The molecule has 0 radical (unpaired) electrons. The Morgan fingerprint density at radius 3 is 1.36 bits per heavy atom. The van der Waals surface area contributed by atoms with E-state index in [0.717, 1.165) is 46.2 Å². The predicted molar refractivity (Wildman–Crippen MR) is 236 cm³/mol. The Morgan fingerprint density at radius 1 is 0.569 bits per heavy atom. The van der Waals surface area contributed by atoms with Crippen molar-refractivity contribution in [1.29, 1.82) is 0 Å². The van der Waals surface area contributed by atoms with Crippen LogP contribution in [0.1, 0.15) is 86.5 Å². The second-order valence-corrected chi connectivity index (χ2v) is 17.8. The smallest absolute Gasteiger partial charge is 0.119 e. The van der Waals surface area contributed by atoms with Gasteiger partial charge in [0.1, 0.15) is 11.5 Å². The SMILES string of the molecule is CC[C@H]1CN2CC[C@H]1C[C@H]2[C@@H](c1ccc(-c2ccc([C@@H](c3ccnc4ccc(OC)cc34)[C@@H]3C[C@@H]4CCN3C[C@@H]4CC)cc2)cc1)c1ccnc2ccc(OC)cc12. The van der Waals surface area contributed by atoms with E-state index in [1.54, 1.807) is 14.2 Å². The van der Waals surface area contributed by atoms with Crippen LogP contribution in [-0.2, 0) is 0 Å². The minimum Gasteiger partial charge on any atom is -0.497 e. The molecule has 0 saturated carbocycles. The highest BCUT2D eigenvalue weighted by Gasteiger charge is 2.45. The summed E-state index contributed by atoms with van der Waals surface area (Å²) >= 11 is 0. The largest absolute Gasteiger partial charge is 0.497 e. The van der Waals surface area contributed by atoms with Gasteiger partial charge in [-0.3, -0.25) is 19.8 Å². The third-order valence-corrected chi connectivity index (χ3v) is 15.2. The van der Waals surface area contributed by atoms with Gasteiger partial charge in [0.05, 0.1) is 25.3 Å². The standard InChI is InChI=1S/C52H58N4O2/c1-5-33-31-55-25-21-39(33)27-49(55)51(43-19-23-53-47-17-15-41(57-3)29-45(43)47)37-11-7-35(8-12-37)36-9-13-38(14-10-36)52(50-28-40-22-26-56(50)32-34(40)6-2)44-20-24-54-48-18-16-42(58-4)30-46(44)48/h7-20,23-24,29-30,33-34,39-40,49-52H,5-6,21-22,25-28,31-32H2,1-4H3/t33-,34-,39-,40-,49-,50-,51-,52-/m0/s1. The van der Waals surface area contributed by atoms with Crippen molar-refractivity contribution in [2.24, 2.45) is 23.7 Å². The van der Waals surface area contributed by atoms with Crippen molar-refractivity contribution < 1.29 is 9.47 Å². The first kappa shape index (κ1) is 37.5. The van der Waals surface area contributed by atoms with E-state index in [4.69, 9.17) is 19.4 Å². The molecule has 6 saturated heterocycles. The van der Waals surface area contributed by atoms with Crippen LogP contribution in [0, 0.1) is 23.7 Å². The molecule has 4 aromatic carbocycles.